The van der Waals surface area contributed by atoms with Gasteiger partial charge in [-0.1, -0.05) is 18.2 Å². The number of benzene rings is 1. The number of para-hydroxylation sites is 1. The summed E-state index contributed by atoms with van der Waals surface area (Å²) >= 11 is 0. The number of imidazole rings is 1. The number of pyridine rings is 1. The van der Waals surface area contributed by atoms with Gasteiger partial charge >= 0.3 is 0 Å². The zero-order valence-electron chi connectivity index (χ0n) is 11.6. The van der Waals surface area contributed by atoms with E-state index in [1.54, 1.807) is 18.3 Å². The smallest absolute Gasteiger partial charge is 0.159 e. The van der Waals surface area contributed by atoms with Gasteiger partial charge in [0, 0.05) is 31.3 Å². The van der Waals surface area contributed by atoms with E-state index in [1.165, 1.54) is 0 Å². The quantitative estimate of drug-likeness (QED) is 0.752. The predicted molar refractivity (Wildman–Crippen MR) is 80.1 cm³/mol. The highest BCUT2D eigenvalue weighted by Gasteiger charge is 2.13. The lowest BCUT2D eigenvalue weighted by Gasteiger charge is -2.08. The number of aromatic nitrogens is 3. The molecule has 3 rings (SSSR count). The van der Waals surface area contributed by atoms with Gasteiger partial charge in [0.1, 0.15) is 17.1 Å². The molecule has 0 spiro atoms. The monoisotopic (exact) mass is 283 g/mol. The largest absolute Gasteiger partial charge is 0.508 e. The van der Waals surface area contributed by atoms with E-state index < -0.39 is 0 Å². The van der Waals surface area contributed by atoms with Crippen LogP contribution in [0.15, 0.2) is 42.6 Å². The molecule has 2 heterocycles. The summed E-state index contributed by atoms with van der Waals surface area (Å²) in [6, 6.07) is 11.0. The van der Waals surface area contributed by atoms with Crippen LogP contribution in [0.4, 0.5) is 0 Å². The number of aromatic hydroxyl groups is 1. The molecule has 0 amide bonds. The van der Waals surface area contributed by atoms with Gasteiger partial charge in [0.15, 0.2) is 5.65 Å². The van der Waals surface area contributed by atoms with Crippen LogP contribution in [0, 0.1) is 0 Å². The molecule has 0 radical (unpaired) electrons. The van der Waals surface area contributed by atoms with Crippen LogP contribution in [0.1, 0.15) is 17.8 Å². The normalized spacial score (nSPS) is 11.1. The number of hydrogen-bond donors (Lipinski definition) is 2. The summed E-state index contributed by atoms with van der Waals surface area (Å²) in [5, 5.41) is 19.0. The molecule has 0 aliphatic rings. The van der Waals surface area contributed by atoms with Gasteiger partial charge in [0.05, 0.1) is 0 Å². The molecule has 0 unspecified atom stereocenters. The summed E-state index contributed by atoms with van der Waals surface area (Å²) in [6.45, 7) is 0.787. The Labute approximate surface area is 122 Å². The molecule has 0 bridgehead atoms. The Hall–Kier alpha value is -2.40. The highest BCUT2D eigenvalue weighted by atomic mass is 16.3. The summed E-state index contributed by atoms with van der Waals surface area (Å²) in [5.41, 5.74) is 2.48. The van der Waals surface area contributed by atoms with E-state index >= 15 is 0 Å². The topological polar surface area (TPSA) is 71.2 Å². The third kappa shape index (κ3) is 2.73. The lowest BCUT2D eigenvalue weighted by atomic mass is 10.1. The maximum Gasteiger partial charge on any atom is 0.159 e. The van der Waals surface area contributed by atoms with Crippen molar-refractivity contribution in [3.05, 3.63) is 54.0 Å². The number of hydrogen-bond acceptors (Lipinski definition) is 4. The van der Waals surface area contributed by atoms with Crippen LogP contribution in [0.3, 0.4) is 0 Å². The highest BCUT2D eigenvalue weighted by Crippen LogP contribution is 2.22. The van der Waals surface area contributed by atoms with Crippen molar-refractivity contribution in [1.82, 2.24) is 14.5 Å². The first-order valence-corrected chi connectivity index (χ1v) is 6.97. The minimum atomic E-state index is 0.128. The fourth-order valence-electron chi connectivity index (χ4n) is 2.43. The van der Waals surface area contributed by atoms with Gasteiger partial charge < -0.3 is 14.8 Å². The third-order valence-corrected chi connectivity index (χ3v) is 3.46. The van der Waals surface area contributed by atoms with Crippen LogP contribution in [-0.4, -0.2) is 31.4 Å². The zero-order valence-corrected chi connectivity index (χ0v) is 11.6. The van der Waals surface area contributed by atoms with E-state index in [2.05, 4.69) is 9.97 Å². The van der Waals surface area contributed by atoms with Gasteiger partial charge in [-0.25, -0.2) is 9.97 Å². The summed E-state index contributed by atoms with van der Waals surface area (Å²) in [4.78, 5) is 8.98. The Morgan fingerprint density at radius 1 is 1.10 bits per heavy atom. The Balaban J connectivity index is 2.02. The molecule has 5 heteroatoms. The predicted octanol–water partition coefficient (Wildman–Crippen LogP) is 2.11. The van der Waals surface area contributed by atoms with E-state index in [0.29, 0.717) is 19.4 Å². The van der Waals surface area contributed by atoms with Crippen molar-refractivity contribution < 1.29 is 10.2 Å². The molecule has 3 aromatic rings. The molecule has 1 aromatic carbocycles. The Kier molecular flexibility index (Phi) is 3.83. The van der Waals surface area contributed by atoms with Gasteiger partial charge in [-0.15, -0.1) is 0 Å². The zero-order chi connectivity index (χ0) is 14.7. The first-order chi connectivity index (χ1) is 10.3. The lowest BCUT2D eigenvalue weighted by Crippen LogP contribution is -2.07. The molecular weight excluding hydrogens is 266 g/mol. The van der Waals surface area contributed by atoms with Crippen LogP contribution in [0.5, 0.6) is 5.75 Å². The fourth-order valence-corrected chi connectivity index (χ4v) is 2.43. The van der Waals surface area contributed by atoms with Crippen LogP contribution < -0.4 is 0 Å². The molecule has 0 aliphatic heterocycles. The van der Waals surface area contributed by atoms with E-state index in [-0.39, 0.29) is 12.4 Å². The van der Waals surface area contributed by atoms with Crippen molar-refractivity contribution in [3.63, 3.8) is 0 Å². The number of fused-ring (bicyclic) bond motifs is 1. The van der Waals surface area contributed by atoms with Crippen LogP contribution in [0.25, 0.3) is 11.2 Å². The summed E-state index contributed by atoms with van der Waals surface area (Å²) < 4.78 is 2.01. The minimum absolute atomic E-state index is 0.128. The lowest BCUT2D eigenvalue weighted by molar-refractivity contribution is 0.280. The Morgan fingerprint density at radius 3 is 2.76 bits per heavy atom. The van der Waals surface area contributed by atoms with Gasteiger partial charge in [0.25, 0.3) is 0 Å². The van der Waals surface area contributed by atoms with Crippen molar-refractivity contribution in [2.24, 2.45) is 0 Å². The molecule has 5 nitrogen and oxygen atoms in total. The average Bonchev–Trinajstić information content (AvgIpc) is 2.85. The number of rotatable bonds is 5. The van der Waals surface area contributed by atoms with Crippen LogP contribution >= 0.6 is 0 Å². The van der Waals surface area contributed by atoms with Crippen molar-refractivity contribution in [1.29, 1.82) is 0 Å². The van der Waals surface area contributed by atoms with Gasteiger partial charge in [-0.05, 0) is 24.6 Å². The molecule has 21 heavy (non-hydrogen) atoms. The van der Waals surface area contributed by atoms with Gasteiger partial charge in [-0.2, -0.15) is 0 Å². The average molecular weight is 283 g/mol. The molecule has 0 aliphatic carbocycles. The summed E-state index contributed by atoms with van der Waals surface area (Å²) in [7, 11) is 0. The number of aliphatic hydroxyl groups is 1. The summed E-state index contributed by atoms with van der Waals surface area (Å²) in [5.74, 6) is 1.12. The van der Waals surface area contributed by atoms with Gasteiger partial charge in [-0.3, -0.25) is 0 Å². The molecule has 2 N–H and O–H groups in total. The van der Waals surface area contributed by atoms with Crippen LogP contribution in [-0.2, 0) is 13.0 Å². The molecule has 2 aromatic heterocycles. The van der Waals surface area contributed by atoms with Crippen molar-refractivity contribution in [3.8, 4) is 5.75 Å². The molecule has 0 atom stereocenters. The van der Waals surface area contributed by atoms with E-state index in [9.17, 15) is 5.11 Å². The summed E-state index contributed by atoms with van der Waals surface area (Å²) in [6.07, 6.45) is 2.92. The van der Waals surface area contributed by atoms with Crippen LogP contribution in [0.2, 0.25) is 0 Å². The van der Waals surface area contributed by atoms with E-state index in [4.69, 9.17) is 5.11 Å². The maximum atomic E-state index is 9.92. The second-order valence-corrected chi connectivity index (χ2v) is 4.91. The SMILES string of the molecule is OCCCn1c(Cc2ccccc2O)nc2cccnc21. The van der Waals surface area contributed by atoms with Crippen molar-refractivity contribution >= 4 is 11.2 Å². The van der Waals surface area contributed by atoms with E-state index in [0.717, 1.165) is 22.6 Å². The third-order valence-electron chi connectivity index (χ3n) is 3.46. The fraction of sp³-hybridized carbons (Fsp3) is 0.250. The number of phenolic OH excluding ortho intramolecular Hbond substituents is 1. The molecule has 108 valence electrons. The minimum Gasteiger partial charge on any atom is -0.508 e. The second kappa shape index (κ2) is 5.93. The molecule has 0 saturated carbocycles. The molecule has 0 fully saturated rings. The standard InChI is InChI=1S/C16H17N3O2/c20-10-4-9-19-15(11-12-5-1-2-7-14(12)21)18-13-6-3-8-17-16(13)19/h1-3,5-8,20-21H,4,9-11H2. The first kappa shape index (κ1) is 13.6. The number of aliphatic hydroxyl groups excluding tert-OH is 1. The Morgan fingerprint density at radius 2 is 1.95 bits per heavy atom. The van der Waals surface area contributed by atoms with Gasteiger partial charge in [0.2, 0.25) is 0 Å². The van der Waals surface area contributed by atoms with Crippen molar-refractivity contribution in [2.45, 2.75) is 19.4 Å². The molecule has 0 saturated heterocycles. The highest BCUT2D eigenvalue weighted by molar-refractivity contribution is 5.71. The maximum absolute atomic E-state index is 9.92. The number of nitrogens with zero attached hydrogens (tertiary/aromatic N) is 3. The molecular formula is C16H17N3O2. The van der Waals surface area contributed by atoms with E-state index in [1.807, 2.05) is 28.8 Å². The second-order valence-electron chi connectivity index (χ2n) is 4.91. The number of phenols is 1. The first-order valence-electron chi connectivity index (χ1n) is 6.97. The Bertz CT molecular complexity index is 752. The number of aryl methyl sites for hydroxylation is 1. The van der Waals surface area contributed by atoms with Crippen molar-refractivity contribution in [2.75, 3.05) is 6.61 Å².